The molecule has 0 fully saturated rings. The minimum absolute atomic E-state index is 0.451. The fourth-order valence-corrected chi connectivity index (χ4v) is 3.42. The first-order chi connectivity index (χ1) is 9.02. The van der Waals surface area contributed by atoms with E-state index in [0.29, 0.717) is 10.6 Å². The Morgan fingerprint density at radius 3 is 2.63 bits per heavy atom. The normalized spacial score (nSPS) is 11.7. The van der Waals surface area contributed by atoms with Crippen molar-refractivity contribution in [3.63, 3.8) is 0 Å². The number of fused-ring (bicyclic) bond motifs is 1. The van der Waals surface area contributed by atoms with Crippen LogP contribution < -0.4 is 5.32 Å². The van der Waals surface area contributed by atoms with Crippen LogP contribution in [0.4, 0.5) is 8.78 Å². The van der Waals surface area contributed by atoms with Crippen molar-refractivity contribution in [3.8, 4) is 0 Å². The van der Waals surface area contributed by atoms with E-state index in [1.54, 1.807) is 0 Å². The Labute approximate surface area is 116 Å². The van der Waals surface area contributed by atoms with Crippen molar-refractivity contribution < 1.29 is 8.78 Å². The summed E-state index contributed by atoms with van der Waals surface area (Å²) in [7, 11) is 0. The van der Waals surface area contributed by atoms with E-state index in [0.717, 1.165) is 41.4 Å². The molecular formula is C15H19F2NS. The molecule has 0 radical (unpaired) electrons. The third-order valence-electron chi connectivity index (χ3n) is 3.04. The van der Waals surface area contributed by atoms with E-state index >= 15 is 0 Å². The number of thiophene rings is 1. The molecule has 0 amide bonds. The Morgan fingerprint density at radius 2 is 2.00 bits per heavy atom. The molecule has 1 nitrogen and oxygen atoms in total. The second-order valence-corrected chi connectivity index (χ2v) is 6.25. The van der Waals surface area contributed by atoms with Crippen molar-refractivity contribution in [3.05, 3.63) is 34.2 Å². The number of rotatable bonds is 5. The summed E-state index contributed by atoms with van der Waals surface area (Å²) in [6.45, 7) is 7.87. The van der Waals surface area contributed by atoms with E-state index in [2.05, 4.69) is 19.2 Å². The third-order valence-corrected chi connectivity index (χ3v) is 4.30. The molecule has 1 heterocycles. The molecule has 1 aromatic carbocycles. The molecule has 1 N–H and O–H groups in total. The molecule has 0 saturated carbocycles. The minimum atomic E-state index is -0.497. The molecule has 0 bridgehead atoms. The van der Waals surface area contributed by atoms with Gasteiger partial charge in [0, 0.05) is 22.9 Å². The highest BCUT2D eigenvalue weighted by atomic mass is 32.1. The third kappa shape index (κ3) is 3.12. The highest BCUT2D eigenvalue weighted by Gasteiger charge is 2.16. The van der Waals surface area contributed by atoms with Gasteiger partial charge in [0.2, 0.25) is 0 Å². The van der Waals surface area contributed by atoms with Crippen LogP contribution >= 0.6 is 11.3 Å². The summed E-state index contributed by atoms with van der Waals surface area (Å²) in [5.41, 5.74) is 1.09. The summed E-state index contributed by atoms with van der Waals surface area (Å²) in [5.74, 6) is -0.486. The summed E-state index contributed by atoms with van der Waals surface area (Å²) in [4.78, 5) is 1.12. The first-order valence-electron chi connectivity index (χ1n) is 6.63. The van der Waals surface area contributed by atoms with Crippen molar-refractivity contribution in [2.24, 2.45) is 5.92 Å². The molecule has 2 rings (SSSR count). The van der Waals surface area contributed by atoms with Crippen LogP contribution in [-0.4, -0.2) is 6.54 Å². The number of nitrogens with one attached hydrogen (secondary N) is 1. The second kappa shape index (κ2) is 5.97. The zero-order chi connectivity index (χ0) is 14.0. The van der Waals surface area contributed by atoms with Gasteiger partial charge in [0.25, 0.3) is 0 Å². The van der Waals surface area contributed by atoms with Crippen LogP contribution in [0.1, 0.15) is 31.2 Å². The highest BCUT2D eigenvalue weighted by molar-refractivity contribution is 7.19. The summed E-state index contributed by atoms with van der Waals surface area (Å²) < 4.78 is 27.8. The maximum Gasteiger partial charge on any atom is 0.143 e. The molecule has 0 aliphatic heterocycles. The number of benzene rings is 1. The quantitative estimate of drug-likeness (QED) is 0.852. The maximum atomic E-state index is 13.9. The molecule has 0 aliphatic rings. The topological polar surface area (TPSA) is 12.0 Å². The van der Waals surface area contributed by atoms with Crippen LogP contribution in [0.15, 0.2) is 12.1 Å². The molecule has 0 aliphatic carbocycles. The Balaban J connectivity index is 2.56. The fourth-order valence-electron chi connectivity index (χ4n) is 2.24. The monoisotopic (exact) mass is 283 g/mol. The maximum absolute atomic E-state index is 13.9. The summed E-state index contributed by atoms with van der Waals surface area (Å²) in [5, 5.41) is 4.01. The lowest BCUT2D eigenvalue weighted by Gasteiger charge is -2.08. The molecule has 0 unspecified atom stereocenters. The largest absolute Gasteiger partial charge is 0.312 e. The average molecular weight is 283 g/mol. The van der Waals surface area contributed by atoms with Crippen molar-refractivity contribution >= 4 is 21.4 Å². The first-order valence-corrected chi connectivity index (χ1v) is 7.44. The smallest absolute Gasteiger partial charge is 0.143 e. The van der Waals surface area contributed by atoms with Crippen molar-refractivity contribution in [2.75, 3.05) is 6.54 Å². The lowest BCUT2D eigenvalue weighted by Crippen LogP contribution is -2.12. The van der Waals surface area contributed by atoms with Crippen LogP contribution in [0.3, 0.4) is 0 Å². The summed E-state index contributed by atoms with van der Waals surface area (Å²) in [6, 6.07) is 2.43. The molecule has 4 heteroatoms. The summed E-state index contributed by atoms with van der Waals surface area (Å²) >= 11 is 1.44. The Kier molecular flexibility index (Phi) is 4.53. The van der Waals surface area contributed by atoms with E-state index < -0.39 is 11.6 Å². The highest BCUT2D eigenvalue weighted by Crippen LogP contribution is 2.35. The van der Waals surface area contributed by atoms with Crippen molar-refractivity contribution in [2.45, 2.75) is 33.7 Å². The zero-order valence-corrected chi connectivity index (χ0v) is 12.3. The van der Waals surface area contributed by atoms with Gasteiger partial charge in [-0.15, -0.1) is 11.3 Å². The van der Waals surface area contributed by atoms with Gasteiger partial charge >= 0.3 is 0 Å². The summed E-state index contributed by atoms with van der Waals surface area (Å²) in [6.07, 6.45) is 0.851. The lowest BCUT2D eigenvalue weighted by atomic mass is 9.99. The van der Waals surface area contributed by atoms with Crippen LogP contribution in [0.5, 0.6) is 0 Å². The van der Waals surface area contributed by atoms with Gasteiger partial charge < -0.3 is 5.32 Å². The van der Waals surface area contributed by atoms with E-state index in [-0.39, 0.29) is 0 Å². The van der Waals surface area contributed by atoms with Gasteiger partial charge in [-0.25, -0.2) is 8.78 Å². The van der Waals surface area contributed by atoms with E-state index in [4.69, 9.17) is 0 Å². The number of halogens is 2. The Bertz CT molecular complexity index is 575. The van der Waals surface area contributed by atoms with Crippen LogP contribution in [0.2, 0.25) is 0 Å². The van der Waals surface area contributed by atoms with Gasteiger partial charge in [0.15, 0.2) is 0 Å². The average Bonchev–Trinajstić information content (AvgIpc) is 2.65. The lowest BCUT2D eigenvalue weighted by molar-refractivity contribution is 0.592. The fraction of sp³-hybridized carbons (Fsp3) is 0.467. The SMILES string of the molecule is CCNCc1sc2c(F)cc(F)cc2c1CC(C)C. The van der Waals surface area contributed by atoms with Gasteiger partial charge in [0.05, 0.1) is 4.70 Å². The van der Waals surface area contributed by atoms with E-state index in [1.807, 2.05) is 6.92 Å². The molecular weight excluding hydrogens is 264 g/mol. The molecule has 19 heavy (non-hydrogen) atoms. The second-order valence-electron chi connectivity index (χ2n) is 5.15. The standard InChI is InChI=1S/C15H19F2NS/c1-4-18-8-14-11(5-9(2)3)12-6-10(16)7-13(17)15(12)19-14/h6-7,9,18H,4-5,8H2,1-3H3. The van der Waals surface area contributed by atoms with E-state index in [9.17, 15) is 8.78 Å². The molecule has 104 valence electrons. The van der Waals surface area contributed by atoms with Crippen molar-refractivity contribution in [1.82, 2.24) is 5.32 Å². The van der Waals surface area contributed by atoms with Crippen LogP contribution in [-0.2, 0) is 13.0 Å². The van der Waals surface area contributed by atoms with Gasteiger partial charge in [-0.05, 0) is 30.5 Å². The van der Waals surface area contributed by atoms with E-state index in [1.165, 1.54) is 17.4 Å². The van der Waals surface area contributed by atoms with Gasteiger partial charge in [-0.3, -0.25) is 0 Å². The van der Waals surface area contributed by atoms with Crippen LogP contribution in [0, 0.1) is 17.6 Å². The van der Waals surface area contributed by atoms with Crippen molar-refractivity contribution in [1.29, 1.82) is 0 Å². The Morgan fingerprint density at radius 1 is 1.26 bits per heavy atom. The van der Waals surface area contributed by atoms with Gasteiger partial charge in [-0.2, -0.15) is 0 Å². The zero-order valence-electron chi connectivity index (χ0n) is 11.5. The first kappa shape index (κ1) is 14.4. The molecule has 0 saturated heterocycles. The molecule has 2 aromatic rings. The number of hydrogen-bond donors (Lipinski definition) is 1. The van der Waals surface area contributed by atoms with Gasteiger partial charge in [-0.1, -0.05) is 20.8 Å². The predicted octanol–water partition coefficient (Wildman–Crippen LogP) is 4.49. The molecule has 1 aromatic heterocycles. The minimum Gasteiger partial charge on any atom is -0.312 e. The number of hydrogen-bond acceptors (Lipinski definition) is 2. The molecule has 0 atom stereocenters. The Hall–Kier alpha value is -1.00. The predicted molar refractivity (Wildman–Crippen MR) is 77.7 cm³/mol. The van der Waals surface area contributed by atoms with Crippen LogP contribution in [0.25, 0.3) is 10.1 Å². The molecule has 0 spiro atoms. The van der Waals surface area contributed by atoms with Gasteiger partial charge in [0.1, 0.15) is 11.6 Å².